The highest BCUT2D eigenvalue weighted by atomic mass is 28.3. The van der Waals surface area contributed by atoms with Crippen molar-refractivity contribution in [3.05, 3.63) is 12.4 Å². The van der Waals surface area contributed by atoms with Gasteiger partial charge in [-0.1, -0.05) is 19.6 Å². The van der Waals surface area contributed by atoms with Gasteiger partial charge in [0.25, 0.3) is 6.01 Å². The number of hydrogen-bond acceptors (Lipinski definition) is 3. The molecule has 4 nitrogen and oxygen atoms in total. The minimum atomic E-state index is -1.00. The average Bonchev–Trinajstić information content (AvgIpc) is 2.58. The molecule has 17 heavy (non-hydrogen) atoms. The molecule has 0 atom stereocenters. The van der Waals surface area contributed by atoms with Gasteiger partial charge >= 0.3 is 0 Å². The zero-order valence-corrected chi connectivity index (χ0v) is 12.6. The summed E-state index contributed by atoms with van der Waals surface area (Å²) in [5.74, 6) is 0. The summed E-state index contributed by atoms with van der Waals surface area (Å²) in [7, 11) is -1.00. The number of aromatic nitrogens is 2. The molecule has 0 aliphatic rings. The summed E-state index contributed by atoms with van der Waals surface area (Å²) in [6, 6.07) is 1.82. The SMILES string of the molecule is CC(C)Oc1nccn1COCC[Si](C)(C)C. The molecule has 0 spiro atoms. The van der Waals surface area contributed by atoms with Crippen molar-refractivity contribution in [1.82, 2.24) is 9.55 Å². The lowest BCUT2D eigenvalue weighted by Gasteiger charge is -2.16. The van der Waals surface area contributed by atoms with Crippen LogP contribution in [0.1, 0.15) is 13.8 Å². The van der Waals surface area contributed by atoms with Gasteiger partial charge in [-0.05, 0) is 19.9 Å². The second kappa shape index (κ2) is 6.21. The van der Waals surface area contributed by atoms with Gasteiger partial charge in [-0.2, -0.15) is 0 Å². The zero-order chi connectivity index (χ0) is 12.9. The van der Waals surface area contributed by atoms with E-state index in [2.05, 4.69) is 24.6 Å². The Kier molecular flexibility index (Phi) is 5.20. The van der Waals surface area contributed by atoms with Crippen LogP contribution < -0.4 is 4.74 Å². The van der Waals surface area contributed by atoms with Crippen LogP contribution in [0, 0.1) is 0 Å². The third-order valence-corrected chi connectivity index (χ3v) is 3.95. The van der Waals surface area contributed by atoms with E-state index in [1.165, 1.54) is 6.04 Å². The van der Waals surface area contributed by atoms with E-state index in [0.717, 1.165) is 6.61 Å². The molecule has 0 saturated heterocycles. The predicted molar refractivity (Wildman–Crippen MR) is 72.1 cm³/mol. The fourth-order valence-electron chi connectivity index (χ4n) is 1.26. The van der Waals surface area contributed by atoms with Crippen molar-refractivity contribution in [1.29, 1.82) is 0 Å². The topological polar surface area (TPSA) is 36.3 Å². The fourth-order valence-corrected chi connectivity index (χ4v) is 2.02. The maximum Gasteiger partial charge on any atom is 0.298 e. The molecule has 0 aromatic carbocycles. The summed E-state index contributed by atoms with van der Waals surface area (Å²) in [6.07, 6.45) is 3.75. The second-order valence-electron chi connectivity index (χ2n) is 5.69. The number of hydrogen-bond donors (Lipinski definition) is 0. The molecule has 1 heterocycles. The minimum absolute atomic E-state index is 0.137. The van der Waals surface area contributed by atoms with Crippen molar-refractivity contribution >= 4 is 8.07 Å². The van der Waals surface area contributed by atoms with E-state index in [-0.39, 0.29) is 6.10 Å². The van der Waals surface area contributed by atoms with Gasteiger partial charge in [0.15, 0.2) is 0 Å². The molecule has 0 unspecified atom stereocenters. The van der Waals surface area contributed by atoms with E-state index in [9.17, 15) is 0 Å². The van der Waals surface area contributed by atoms with Gasteiger partial charge in [0.05, 0.1) is 6.10 Å². The highest BCUT2D eigenvalue weighted by Gasteiger charge is 2.12. The van der Waals surface area contributed by atoms with Gasteiger partial charge < -0.3 is 9.47 Å². The molecular weight excluding hydrogens is 232 g/mol. The van der Waals surface area contributed by atoms with E-state index < -0.39 is 8.07 Å². The van der Waals surface area contributed by atoms with Crippen molar-refractivity contribution in [3.63, 3.8) is 0 Å². The minimum Gasteiger partial charge on any atom is -0.462 e. The monoisotopic (exact) mass is 256 g/mol. The van der Waals surface area contributed by atoms with E-state index in [1.807, 2.05) is 24.6 Å². The molecule has 1 aromatic heterocycles. The normalized spacial score (nSPS) is 12.1. The Morgan fingerprint density at radius 2 is 2.06 bits per heavy atom. The summed E-state index contributed by atoms with van der Waals surface area (Å²) < 4.78 is 13.1. The molecule has 0 radical (unpaired) electrons. The van der Waals surface area contributed by atoms with Crippen molar-refractivity contribution in [3.8, 4) is 6.01 Å². The van der Waals surface area contributed by atoms with Crippen LogP contribution in [0.3, 0.4) is 0 Å². The first kappa shape index (κ1) is 14.2. The molecule has 0 bridgehead atoms. The second-order valence-corrected chi connectivity index (χ2v) is 11.3. The Labute approximate surface area is 105 Å². The Morgan fingerprint density at radius 1 is 1.35 bits per heavy atom. The first-order valence-corrected chi connectivity index (χ1v) is 9.85. The van der Waals surface area contributed by atoms with Gasteiger partial charge in [0, 0.05) is 27.1 Å². The zero-order valence-electron chi connectivity index (χ0n) is 11.6. The quantitative estimate of drug-likeness (QED) is 0.556. The standard InChI is InChI=1S/C12H24N2O2Si/c1-11(2)16-12-13-6-7-14(12)10-15-8-9-17(3,4)5/h6-7,11H,8-10H2,1-5H3. The van der Waals surface area contributed by atoms with Gasteiger partial charge in [0.1, 0.15) is 6.73 Å². The lowest BCUT2D eigenvalue weighted by molar-refractivity contribution is 0.0752. The third-order valence-electron chi connectivity index (χ3n) is 2.25. The summed E-state index contributed by atoms with van der Waals surface area (Å²) in [5, 5.41) is 0. The van der Waals surface area contributed by atoms with Gasteiger partial charge in [-0.25, -0.2) is 4.98 Å². The van der Waals surface area contributed by atoms with E-state index in [1.54, 1.807) is 6.20 Å². The molecule has 1 aromatic rings. The smallest absolute Gasteiger partial charge is 0.298 e. The van der Waals surface area contributed by atoms with Crippen LogP contribution in [0.15, 0.2) is 12.4 Å². The maximum atomic E-state index is 5.65. The van der Waals surface area contributed by atoms with Crippen LogP contribution in [-0.2, 0) is 11.5 Å². The van der Waals surface area contributed by atoms with Crippen LogP contribution in [-0.4, -0.2) is 30.3 Å². The summed E-state index contributed by atoms with van der Waals surface area (Å²) in [5.41, 5.74) is 0. The number of nitrogens with zero attached hydrogens (tertiary/aromatic N) is 2. The number of rotatable bonds is 7. The highest BCUT2D eigenvalue weighted by molar-refractivity contribution is 6.76. The van der Waals surface area contributed by atoms with Gasteiger partial charge in [-0.15, -0.1) is 0 Å². The Bertz CT molecular complexity index is 331. The van der Waals surface area contributed by atoms with Gasteiger partial charge in [-0.3, -0.25) is 4.57 Å². The van der Waals surface area contributed by atoms with Crippen LogP contribution in [0.25, 0.3) is 0 Å². The molecule has 0 saturated carbocycles. The highest BCUT2D eigenvalue weighted by Crippen LogP contribution is 2.11. The molecule has 0 aliphatic heterocycles. The molecule has 5 heteroatoms. The van der Waals surface area contributed by atoms with Crippen molar-refractivity contribution < 1.29 is 9.47 Å². The van der Waals surface area contributed by atoms with Crippen molar-refractivity contribution in [2.45, 2.75) is 52.4 Å². The van der Waals surface area contributed by atoms with Crippen LogP contribution in [0.2, 0.25) is 25.7 Å². The summed E-state index contributed by atoms with van der Waals surface area (Å²) in [4.78, 5) is 4.15. The van der Waals surface area contributed by atoms with Crippen molar-refractivity contribution in [2.24, 2.45) is 0 Å². The first-order valence-electron chi connectivity index (χ1n) is 6.14. The molecule has 0 fully saturated rings. The maximum absolute atomic E-state index is 5.65. The molecule has 98 valence electrons. The van der Waals surface area contributed by atoms with Crippen LogP contribution in [0.5, 0.6) is 6.01 Å². The Morgan fingerprint density at radius 3 is 2.65 bits per heavy atom. The molecule has 0 aliphatic carbocycles. The summed E-state index contributed by atoms with van der Waals surface area (Å²) in [6.45, 7) is 12.4. The molecule has 1 rings (SSSR count). The molecule has 0 amide bonds. The van der Waals surface area contributed by atoms with Crippen LogP contribution in [0.4, 0.5) is 0 Å². The van der Waals surface area contributed by atoms with E-state index in [0.29, 0.717) is 12.7 Å². The largest absolute Gasteiger partial charge is 0.462 e. The van der Waals surface area contributed by atoms with Crippen molar-refractivity contribution in [2.75, 3.05) is 6.61 Å². The lowest BCUT2D eigenvalue weighted by Crippen LogP contribution is -2.22. The molecule has 0 N–H and O–H groups in total. The average molecular weight is 256 g/mol. The number of ether oxygens (including phenoxy) is 2. The third kappa shape index (κ3) is 5.88. The Hall–Kier alpha value is -0.813. The van der Waals surface area contributed by atoms with Gasteiger partial charge in [0.2, 0.25) is 0 Å². The van der Waals surface area contributed by atoms with E-state index in [4.69, 9.17) is 9.47 Å². The fraction of sp³-hybridized carbons (Fsp3) is 0.750. The predicted octanol–water partition coefficient (Wildman–Crippen LogP) is 2.98. The Balaban J connectivity index is 2.34. The number of imidazole rings is 1. The molecular formula is C12H24N2O2Si. The summed E-state index contributed by atoms with van der Waals surface area (Å²) >= 11 is 0. The van der Waals surface area contributed by atoms with Crippen LogP contribution >= 0.6 is 0 Å². The first-order chi connectivity index (χ1) is 7.88. The van der Waals surface area contributed by atoms with E-state index >= 15 is 0 Å². The lowest BCUT2D eigenvalue weighted by atomic mass is 10.5.